The molecule has 136 valence electrons. The van der Waals surface area contributed by atoms with Crippen molar-refractivity contribution in [2.45, 2.75) is 70.6 Å². The molecule has 0 aromatic heterocycles. The van der Waals surface area contributed by atoms with Crippen molar-refractivity contribution < 1.29 is 18.3 Å². The third kappa shape index (κ3) is 4.94. The first kappa shape index (κ1) is 19.2. The number of amides is 4. The van der Waals surface area contributed by atoms with Crippen LogP contribution in [-0.2, 0) is 9.59 Å². The lowest BCUT2D eigenvalue weighted by Gasteiger charge is -2.37. The van der Waals surface area contributed by atoms with Gasteiger partial charge in [0, 0.05) is 17.9 Å². The van der Waals surface area contributed by atoms with Gasteiger partial charge in [-0.1, -0.05) is 51.4 Å². The maximum absolute atomic E-state index is 12.5. The van der Waals surface area contributed by atoms with Crippen molar-refractivity contribution in [1.29, 1.82) is 0 Å². The summed E-state index contributed by atoms with van der Waals surface area (Å²) in [7, 11) is 0. The Morgan fingerprint density at radius 2 is 1.58 bits per heavy atom. The fraction of sp³-hybridized carbons (Fsp3) is 0.824. The highest BCUT2D eigenvalue weighted by atomic mass is 32.2. The number of unbranched alkanes of at least 4 members (excludes halogenated alkanes) is 3. The average Bonchev–Trinajstić information content (AvgIpc) is 2.56. The van der Waals surface area contributed by atoms with Crippen LogP contribution >= 0.6 is 12.1 Å². The number of hydrogen-bond acceptors (Lipinski definition) is 4. The van der Waals surface area contributed by atoms with Gasteiger partial charge in [0.05, 0.1) is 0 Å². The molecule has 2 fully saturated rings. The molecule has 1 heterocycles. The van der Waals surface area contributed by atoms with Gasteiger partial charge in [0.15, 0.2) is 0 Å². The third-order valence-corrected chi connectivity index (χ3v) is 5.70. The van der Waals surface area contributed by atoms with E-state index in [4.69, 9.17) is 0 Å². The second-order valence-corrected chi connectivity index (χ2v) is 7.63. The molecule has 1 aliphatic carbocycles. The molecule has 7 heteroatoms. The Kier molecular flexibility index (Phi) is 7.52. The molecule has 2 N–H and O–H groups in total. The number of rotatable bonds is 9. The molecule has 0 aromatic rings. The Hall–Kier alpha value is -1.11. The molecule has 0 unspecified atom stereocenters. The molecule has 0 aromatic carbocycles. The Bertz CT molecular complexity index is 447. The molecule has 1 saturated heterocycles. The first-order valence-corrected chi connectivity index (χ1v) is 9.87. The summed E-state index contributed by atoms with van der Waals surface area (Å²) in [4.78, 5) is 36.5. The van der Waals surface area contributed by atoms with Gasteiger partial charge in [0.25, 0.3) is 0 Å². The molecule has 4 amide bonds. The summed E-state index contributed by atoms with van der Waals surface area (Å²) in [5.41, 5.74) is -1.12. The molecule has 2 rings (SSSR count). The van der Waals surface area contributed by atoms with E-state index in [9.17, 15) is 18.3 Å². The van der Waals surface area contributed by atoms with Crippen molar-refractivity contribution in [3.63, 3.8) is 0 Å². The minimum atomic E-state index is -1.12. The number of hydrogen-bond donors (Lipinski definition) is 2. The molecule has 1 saturated carbocycles. The molecule has 24 heavy (non-hydrogen) atoms. The minimum Gasteiger partial charge on any atom is -0.277 e. The fourth-order valence-electron chi connectivity index (χ4n) is 3.92. The lowest BCUT2D eigenvalue weighted by Crippen LogP contribution is -2.62. The third-order valence-electron chi connectivity index (χ3n) is 5.26. The molecule has 0 bridgehead atoms. The highest BCUT2D eigenvalue weighted by molar-refractivity contribution is 7.94. The number of halogens is 1. The second-order valence-electron chi connectivity index (χ2n) is 7.01. The molecular formula is C17H27FN2O3S. The van der Waals surface area contributed by atoms with Gasteiger partial charge in [-0.05, 0) is 25.2 Å². The van der Waals surface area contributed by atoms with Gasteiger partial charge in [-0.15, -0.1) is 0 Å². The standard InChI is InChI=1S/C17H27FN2O3S/c18-24-11-7-2-1-6-10-17(12-13-8-4-3-5-9-13)14(21)19-16(23)20-15(17)22/h13H,1-12H2,(H2,19,20,21,22,23). The maximum atomic E-state index is 12.5. The van der Waals surface area contributed by atoms with Crippen molar-refractivity contribution in [1.82, 2.24) is 10.6 Å². The zero-order chi connectivity index (χ0) is 17.4. The van der Waals surface area contributed by atoms with Gasteiger partial charge >= 0.3 is 6.03 Å². The van der Waals surface area contributed by atoms with Crippen LogP contribution in [-0.4, -0.2) is 23.6 Å². The Balaban J connectivity index is 1.98. The molecule has 0 spiro atoms. The van der Waals surface area contributed by atoms with Crippen molar-refractivity contribution in [3.05, 3.63) is 0 Å². The van der Waals surface area contributed by atoms with E-state index in [0.717, 1.165) is 51.4 Å². The van der Waals surface area contributed by atoms with Crippen LogP contribution in [0.4, 0.5) is 8.68 Å². The van der Waals surface area contributed by atoms with Crippen LogP contribution in [0.5, 0.6) is 0 Å². The number of carbonyl (C=O) groups is 3. The summed E-state index contributed by atoms with van der Waals surface area (Å²) in [6.07, 6.45) is 9.86. The Morgan fingerprint density at radius 1 is 0.958 bits per heavy atom. The van der Waals surface area contributed by atoms with E-state index >= 15 is 0 Å². The van der Waals surface area contributed by atoms with E-state index in [1.807, 2.05) is 0 Å². The summed E-state index contributed by atoms with van der Waals surface area (Å²) < 4.78 is 12.0. The van der Waals surface area contributed by atoms with Gasteiger partial charge in [-0.2, -0.15) is 3.89 Å². The van der Waals surface area contributed by atoms with Crippen LogP contribution in [0, 0.1) is 11.3 Å². The molecule has 0 atom stereocenters. The van der Waals surface area contributed by atoms with Gasteiger partial charge in [0.2, 0.25) is 11.8 Å². The monoisotopic (exact) mass is 358 g/mol. The van der Waals surface area contributed by atoms with Crippen LogP contribution in [0.15, 0.2) is 0 Å². The summed E-state index contributed by atoms with van der Waals surface area (Å²) >= 11 is 0.346. The van der Waals surface area contributed by atoms with Crippen molar-refractivity contribution in [2.75, 3.05) is 5.75 Å². The summed E-state index contributed by atoms with van der Waals surface area (Å²) in [6.45, 7) is 0. The fourth-order valence-corrected chi connectivity index (χ4v) is 4.23. The highest BCUT2D eigenvalue weighted by Crippen LogP contribution is 2.40. The summed E-state index contributed by atoms with van der Waals surface area (Å²) in [5.74, 6) is -0.0310. The van der Waals surface area contributed by atoms with E-state index in [1.165, 1.54) is 6.42 Å². The van der Waals surface area contributed by atoms with Gasteiger partial charge in [0.1, 0.15) is 5.41 Å². The quantitative estimate of drug-likeness (QED) is 0.484. The second kappa shape index (κ2) is 9.39. The maximum Gasteiger partial charge on any atom is 0.328 e. The highest BCUT2D eigenvalue weighted by Gasteiger charge is 2.50. The minimum absolute atomic E-state index is 0.346. The zero-order valence-electron chi connectivity index (χ0n) is 14.1. The predicted octanol–water partition coefficient (Wildman–Crippen LogP) is 3.88. The van der Waals surface area contributed by atoms with Crippen molar-refractivity contribution in [3.8, 4) is 0 Å². The van der Waals surface area contributed by atoms with Gasteiger partial charge in [-0.25, -0.2) is 4.79 Å². The van der Waals surface area contributed by atoms with Crippen LogP contribution in [0.1, 0.15) is 70.6 Å². The number of barbiturate groups is 1. The van der Waals surface area contributed by atoms with Crippen LogP contribution in [0.3, 0.4) is 0 Å². The Morgan fingerprint density at radius 3 is 2.21 bits per heavy atom. The first-order valence-electron chi connectivity index (χ1n) is 8.99. The largest absolute Gasteiger partial charge is 0.328 e. The lowest BCUT2D eigenvalue weighted by molar-refractivity contribution is -0.146. The molecule has 0 radical (unpaired) electrons. The van der Waals surface area contributed by atoms with Crippen molar-refractivity contribution in [2.24, 2.45) is 11.3 Å². The lowest BCUT2D eigenvalue weighted by atomic mass is 9.70. The van der Waals surface area contributed by atoms with E-state index in [0.29, 0.717) is 36.7 Å². The smallest absolute Gasteiger partial charge is 0.277 e. The normalized spacial score (nSPS) is 21.5. The molecular weight excluding hydrogens is 331 g/mol. The first-order chi connectivity index (χ1) is 11.6. The SMILES string of the molecule is O=C1NC(=O)C(CCCCCCSF)(CC2CCCCC2)C(=O)N1. The van der Waals surface area contributed by atoms with E-state index in [1.54, 1.807) is 0 Å². The van der Waals surface area contributed by atoms with Crippen LogP contribution in [0.2, 0.25) is 0 Å². The summed E-state index contributed by atoms with van der Waals surface area (Å²) in [6, 6.07) is -0.718. The average molecular weight is 358 g/mol. The molecule has 1 aliphatic heterocycles. The van der Waals surface area contributed by atoms with E-state index in [-0.39, 0.29) is 0 Å². The topological polar surface area (TPSA) is 75.3 Å². The summed E-state index contributed by atoms with van der Waals surface area (Å²) in [5, 5.41) is 4.58. The number of carbonyl (C=O) groups excluding carboxylic acids is 3. The zero-order valence-corrected chi connectivity index (χ0v) is 14.9. The van der Waals surface area contributed by atoms with Gasteiger partial charge in [-0.3, -0.25) is 20.2 Å². The number of imide groups is 2. The van der Waals surface area contributed by atoms with E-state index < -0.39 is 23.3 Å². The van der Waals surface area contributed by atoms with Crippen LogP contribution in [0.25, 0.3) is 0 Å². The number of nitrogens with one attached hydrogen (secondary N) is 2. The van der Waals surface area contributed by atoms with Gasteiger partial charge < -0.3 is 0 Å². The predicted molar refractivity (Wildman–Crippen MR) is 92.0 cm³/mol. The van der Waals surface area contributed by atoms with E-state index in [2.05, 4.69) is 10.6 Å². The molecule has 2 aliphatic rings. The number of urea groups is 1. The molecule has 5 nitrogen and oxygen atoms in total. The van der Waals surface area contributed by atoms with Crippen LogP contribution < -0.4 is 10.6 Å². The Labute approximate surface area is 147 Å². The van der Waals surface area contributed by atoms with Crippen molar-refractivity contribution >= 4 is 30.0 Å².